The van der Waals surface area contributed by atoms with E-state index >= 15 is 0 Å². The minimum Gasteiger partial charge on any atom is -0.478 e. The average Bonchev–Trinajstić information content (AvgIpc) is 2.29. The molecule has 1 heterocycles. The number of halogens is 1. The lowest BCUT2D eigenvalue weighted by Crippen LogP contribution is -2.11. The molecule has 0 radical (unpaired) electrons. The number of carbonyl (C=O) groups excluding carboxylic acids is 1. The Hall–Kier alpha value is -1.82. The molecule has 98 valence electrons. The molecule has 0 bridgehead atoms. The van der Waals surface area contributed by atoms with Crippen molar-refractivity contribution in [2.75, 3.05) is 11.9 Å². The van der Waals surface area contributed by atoms with Crippen molar-refractivity contribution in [1.29, 1.82) is 0 Å². The molecule has 0 unspecified atom stereocenters. The molecule has 0 atom stereocenters. The number of carbonyl (C=O) groups is 2. The van der Waals surface area contributed by atoms with Gasteiger partial charge in [-0.2, -0.15) is 0 Å². The Morgan fingerprint density at radius 1 is 1.44 bits per heavy atom. The number of aromatic carboxylic acids is 1. The monoisotopic (exact) mass is 271 g/mol. The molecular weight excluding hydrogens is 258 g/mol. The van der Waals surface area contributed by atoms with E-state index in [9.17, 15) is 9.59 Å². The van der Waals surface area contributed by atoms with Gasteiger partial charge < -0.3 is 16.2 Å². The SMILES string of the molecule is NC(=O)CCCCNc1ncc(C(=O)O)cc1Cl. The number of anilines is 1. The highest BCUT2D eigenvalue weighted by molar-refractivity contribution is 6.33. The molecule has 1 rings (SSSR count). The first-order valence-electron chi connectivity index (χ1n) is 5.41. The van der Waals surface area contributed by atoms with Gasteiger partial charge in [0.15, 0.2) is 0 Å². The van der Waals surface area contributed by atoms with Crippen LogP contribution in [0.4, 0.5) is 5.82 Å². The molecule has 0 aliphatic heterocycles. The van der Waals surface area contributed by atoms with Crippen LogP contribution >= 0.6 is 11.6 Å². The summed E-state index contributed by atoms with van der Waals surface area (Å²) in [6.45, 7) is 0.590. The van der Waals surface area contributed by atoms with Crippen LogP contribution in [0.15, 0.2) is 12.3 Å². The van der Waals surface area contributed by atoms with E-state index in [0.717, 1.165) is 6.42 Å². The number of primary amides is 1. The van der Waals surface area contributed by atoms with E-state index in [1.807, 2.05) is 0 Å². The number of carboxylic acid groups (broad SMARTS) is 1. The van der Waals surface area contributed by atoms with Crippen molar-refractivity contribution >= 4 is 29.3 Å². The summed E-state index contributed by atoms with van der Waals surface area (Å²) in [5, 5.41) is 12.0. The first kappa shape index (κ1) is 14.2. The van der Waals surface area contributed by atoms with Crippen LogP contribution in [0, 0.1) is 0 Å². The molecular formula is C11H14ClN3O3. The topological polar surface area (TPSA) is 105 Å². The fraction of sp³-hybridized carbons (Fsp3) is 0.364. The highest BCUT2D eigenvalue weighted by Gasteiger charge is 2.07. The lowest BCUT2D eigenvalue weighted by molar-refractivity contribution is -0.118. The largest absolute Gasteiger partial charge is 0.478 e. The number of unbranched alkanes of at least 4 members (excludes halogenated alkanes) is 1. The minimum atomic E-state index is -1.07. The summed E-state index contributed by atoms with van der Waals surface area (Å²) in [6, 6.07) is 1.34. The zero-order valence-corrected chi connectivity index (χ0v) is 10.4. The van der Waals surface area contributed by atoms with Gasteiger partial charge in [-0.25, -0.2) is 9.78 Å². The average molecular weight is 272 g/mol. The fourth-order valence-electron chi connectivity index (χ4n) is 1.32. The van der Waals surface area contributed by atoms with Gasteiger partial charge in [-0.15, -0.1) is 0 Å². The van der Waals surface area contributed by atoms with Crippen molar-refractivity contribution in [2.45, 2.75) is 19.3 Å². The molecule has 1 amide bonds. The van der Waals surface area contributed by atoms with E-state index < -0.39 is 5.97 Å². The van der Waals surface area contributed by atoms with Crippen molar-refractivity contribution in [2.24, 2.45) is 5.73 Å². The number of aromatic nitrogens is 1. The van der Waals surface area contributed by atoms with E-state index in [1.54, 1.807) is 0 Å². The maximum absolute atomic E-state index is 10.7. The van der Waals surface area contributed by atoms with E-state index in [-0.39, 0.29) is 16.5 Å². The van der Waals surface area contributed by atoms with E-state index in [0.29, 0.717) is 25.2 Å². The van der Waals surface area contributed by atoms with Crippen LogP contribution < -0.4 is 11.1 Å². The summed E-state index contributed by atoms with van der Waals surface area (Å²) in [4.78, 5) is 25.1. The fourth-order valence-corrected chi connectivity index (χ4v) is 1.55. The lowest BCUT2D eigenvalue weighted by Gasteiger charge is -2.07. The van der Waals surface area contributed by atoms with Crippen LogP contribution in [0.3, 0.4) is 0 Å². The Balaban J connectivity index is 2.43. The molecule has 1 aromatic rings. The van der Waals surface area contributed by atoms with Gasteiger partial charge in [0.1, 0.15) is 5.82 Å². The predicted molar refractivity (Wildman–Crippen MR) is 67.7 cm³/mol. The molecule has 18 heavy (non-hydrogen) atoms. The summed E-state index contributed by atoms with van der Waals surface area (Å²) in [5.41, 5.74) is 5.05. The molecule has 0 spiro atoms. The smallest absolute Gasteiger partial charge is 0.337 e. The number of nitrogens with zero attached hydrogens (tertiary/aromatic N) is 1. The standard InChI is InChI=1S/C11H14ClN3O3/c12-8-5-7(11(17)18)6-15-10(8)14-4-2-1-3-9(13)16/h5-6H,1-4H2,(H2,13,16)(H,14,15)(H,17,18). The second-order valence-corrected chi connectivity index (χ2v) is 4.12. The van der Waals surface area contributed by atoms with Gasteiger partial charge in [0.25, 0.3) is 0 Å². The Kier molecular flexibility index (Phi) is 5.38. The zero-order valence-electron chi connectivity index (χ0n) is 9.65. The van der Waals surface area contributed by atoms with Crippen LogP contribution in [0.2, 0.25) is 5.02 Å². The predicted octanol–water partition coefficient (Wildman–Crippen LogP) is 1.50. The zero-order chi connectivity index (χ0) is 13.5. The van der Waals surface area contributed by atoms with Crippen molar-refractivity contribution in [3.8, 4) is 0 Å². The van der Waals surface area contributed by atoms with Crippen LogP contribution in [0.1, 0.15) is 29.6 Å². The third-order valence-corrected chi connectivity index (χ3v) is 2.52. The number of nitrogens with two attached hydrogens (primary N) is 1. The molecule has 0 saturated carbocycles. The molecule has 0 fully saturated rings. The Bertz CT molecular complexity index is 451. The van der Waals surface area contributed by atoms with Gasteiger partial charge in [0, 0.05) is 19.2 Å². The van der Waals surface area contributed by atoms with Crippen molar-refractivity contribution in [1.82, 2.24) is 4.98 Å². The van der Waals surface area contributed by atoms with Crippen molar-refractivity contribution < 1.29 is 14.7 Å². The number of carboxylic acids is 1. The molecule has 0 aliphatic carbocycles. The normalized spacial score (nSPS) is 10.1. The maximum Gasteiger partial charge on any atom is 0.337 e. The summed E-state index contributed by atoms with van der Waals surface area (Å²) >= 11 is 5.87. The number of hydrogen-bond donors (Lipinski definition) is 3. The van der Waals surface area contributed by atoms with Crippen LogP contribution in [0.25, 0.3) is 0 Å². The molecule has 0 aliphatic rings. The highest BCUT2D eigenvalue weighted by atomic mass is 35.5. The van der Waals surface area contributed by atoms with Gasteiger partial charge >= 0.3 is 5.97 Å². The van der Waals surface area contributed by atoms with Crippen LogP contribution in [0.5, 0.6) is 0 Å². The third-order valence-electron chi connectivity index (χ3n) is 2.23. The molecule has 0 saturated heterocycles. The number of pyridine rings is 1. The van der Waals surface area contributed by atoms with Gasteiger partial charge in [-0.1, -0.05) is 11.6 Å². The Labute approximate surface area is 109 Å². The minimum absolute atomic E-state index is 0.0410. The van der Waals surface area contributed by atoms with E-state index in [2.05, 4.69) is 10.3 Å². The number of nitrogens with one attached hydrogen (secondary N) is 1. The Morgan fingerprint density at radius 3 is 2.72 bits per heavy atom. The second-order valence-electron chi connectivity index (χ2n) is 3.71. The van der Waals surface area contributed by atoms with Crippen molar-refractivity contribution in [3.63, 3.8) is 0 Å². The number of amides is 1. The van der Waals surface area contributed by atoms with Crippen LogP contribution in [-0.4, -0.2) is 28.5 Å². The van der Waals surface area contributed by atoms with Gasteiger partial charge in [-0.05, 0) is 18.9 Å². The first-order chi connectivity index (χ1) is 8.50. The van der Waals surface area contributed by atoms with Crippen LogP contribution in [-0.2, 0) is 4.79 Å². The molecule has 1 aromatic heterocycles. The third kappa shape index (κ3) is 4.58. The summed E-state index contributed by atoms with van der Waals surface area (Å²) in [7, 11) is 0. The molecule has 6 nitrogen and oxygen atoms in total. The summed E-state index contributed by atoms with van der Waals surface area (Å²) < 4.78 is 0. The molecule has 7 heteroatoms. The van der Waals surface area contributed by atoms with E-state index in [4.69, 9.17) is 22.4 Å². The summed E-state index contributed by atoms with van der Waals surface area (Å²) in [6.07, 6.45) is 3.02. The van der Waals surface area contributed by atoms with Gasteiger partial charge in [0.2, 0.25) is 5.91 Å². The summed E-state index contributed by atoms with van der Waals surface area (Å²) in [5.74, 6) is -0.963. The highest BCUT2D eigenvalue weighted by Crippen LogP contribution is 2.20. The Morgan fingerprint density at radius 2 is 2.17 bits per heavy atom. The first-order valence-corrected chi connectivity index (χ1v) is 5.79. The molecule has 0 aromatic carbocycles. The van der Waals surface area contributed by atoms with Gasteiger partial charge in [-0.3, -0.25) is 4.79 Å². The van der Waals surface area contributed by atoms with Crippen molar-refractivity contribution in [3.05, 3.63) is 22.8 Å². The number of rotatable bonds is 7. The number of hydrogen-bond acceptors (Lipinski definition) is 4. The quantitative estimate of drug-likeness (QED) is 0.652. The van der Waals surface area contributed by atoms with Gasteiger partial charge in [0.05, 0.1) is 10.6 Å². The maximum atomic E-state index is 10.7. The molecule has 4 N–H and O–H groups in total. The lowest BCUT2D eigenvalue weighted by atomic mass is 10.2. The van der Waals surface area contributed by atoms with E-state index in [1.165, 1.54) is 12.3 Å². The second kappa shape index (κ2) is 6.80.